The summed E-state index contributed by atoms with van der Waals surface area (Å²) in [5.74, 6) is 0. The molecule has 0 saturated heterocycles. The largest absolute Gasteiger partial charge is 0.500 e. The van der Waals surface area contributed by atoms with Crippen LogP contribution in [0.15, 0.2) is 0 Å². The Labute approximate surface area is 203 Å². The van der Waals surface area contributed by atoms with Crippen molar-refractivity contribution in [2.75, 3.05) is 32.9 Å². The highest BCUT2D eigenvalue weighted by atomic mass is 28.4. The lowest BCUT2D eigenvalue weighted by molar-refractivity contribution is 0.0708. The zero-order chi connectivity index (χ0) is 23.6. The number of nitrogens with one attached hydrogen (secondary N) is 1. The molecule has 0 unspecified atom stereocenters. The van der Waals surface area contributed by atoms with Gasteiger partial charge in [0.2, 0.25) is 0 Å². The van der Waals surface area contributed by atoms with Crippen molar-refractivity contribution >= 4 is 8.80 Å². The van der Waals surface area contributed by atoms with Gasteiger partial charge in [0.05, 0.1) is 0 Å². The number of rotatable bonds is 27. The van der Waals surface area contributed by atoms with Crippen LogP contribution < -0.4 is 5.32 Å². The van der Waals surface area contributed by atoms with E-state index in [9.17, 15) is 0 Å². The van der Waals surface area contributed by atoms with Crippen molar-refractivity contribution in [3.63, 3.8) is 0 Å². The van der Waals surface area contributed by atoms with Crippen LogP contribution in [-0.2, 0) is 13.3 Å². The van der Waals surface area contributed by atoms with Crippen LogP contribution in [0.2, 0.25) is 6.04 Å². The predicted octanol–water partition coefficient (Wildman–Crippen LogP) is 8.28. The van der Waals surface area contributed by atoms with Crippen LogP contribution in [0.4, 0.5) is 0 Å². The van der Waals surface area contributed by atoms with E-state index in [0.29, 0.717) is 19.8 Å². The molecule has 5 heteroatoms. The van der Waals surface area contributed by atoms with E-state index >= 15 is 0 Å². The number of unbranched alkanes of at least 4 members (excludes halogenated alkanes) is 15. The van der Waals surface area contributed by atoms with Crippen molar-refractivity contribution in [3.05, 3.63) is 0 Å². The van der Waals surface area contributed by atoms with Crippen LogP contribution in [0.3, 0.4) is 0 Å². The third-order valence-corrected chi connectivity index (χ3v) is 9.29. The summed E-state index contributed by atoms with van der Waals surface area (Å²) in [6, 6.07) is 0.911. The van der Waals surface area contributed by atoms with Gasteiger partial charge >= 0.3 is 8.80 Å². The normalized spacial score (nSPS) is 12.0. The van der Waals surface area contributed by atoms with Crippen LogP contribution >= 0.6 is 0 Å². The predicted molar refractivity (Wildman–Crippen MR) is 142 cm³/mol. The fourth-order valence-corrected chi connectivity index (χ4v) is 6.97. The monoisotopic (exact) mass is 473 g/mol. The molecule has 0 amide bonds. The summed E-state index contributed by atoms with van der Waals surface area (Å²) in [6.45, 7) is 12.5. The van der Waals surface area contributed by atoms with E-state index in [0.717, 1.165) is 25.6 Å². The summed E-state index contributed by atoms with van der Waals surface area (Å²) in [4.78, 5) is 0. The summed E-state index contributed by atoms with van der Waals surface area (Å²) in [5, 5.41) is 3.59. The highest BCUT2D eigenvalue weighted by Gasteiger charge is 2.39. The average Bonchev–Trinajstić information content (AvgIpc) is 2.78. The van der Waals surface area contributed by atoms with Gasteiger partial charge in [0.1, 0.15) is 0 Å². The molecule has 0 aliphatic carbocycles. The topological polar surface area (TPSA) is 39.7 Å². The van der Waals surface area contributed by atoms with Gasteiger partial charge in [-0.15, -0.1) is 0 Å². The van der Waals surface area contributed by atoms with Gasteiger partial charge < -0.3 is 18.6 Å². The molecular weight excluding hydrogens is 414 g/mol. The Morgan fingerprint density at radius 1 is 0.438 bits per heavy atom. The molecule has 0 rings (SSSR count). The lowest BCUT2D eigenvalue weighted by atomic mass is 10.0. The van der Waals surface area contributed by atoms with Gasteiger partial charge in [-0.3, -0.25) is 0 Å². The van der Waals surface area contributed by atoms with Crippen molar-refractivity contribution in [1.82, 2.24) is 5.32 Å². The van der Waals surface area contributed by atoms with Gasteiger partial charge in [-0.1, -0.05) is 103 Å². The van der Waals surface area contributed by atoms with Crippen molar-refractivity contribution in [1.29, 1.82) is 0 Å². The fourth-order valence-electron chi connectivity index (χ4n) is 4.35. The van der Waals surface area contributed by atoms with Gasteiger partial charge in [0.15, 0.2) is 0 Å². The Bertz CT molecular complexity index is 341. The van der Waals surface area contributed by atoms with Crippen molar-refractivity contribution in [2.45, 2.75) is 143 Å². The molecule has 0 aromatic carbocycles. The first-order valence-corrected chi connectivity index (χ1v) is 16.3. The van der Waals surface area contributed by atoms with E-state index in [2.05, 4.69) is 12.2 Å². The Morgan fingerprint density at radius 3 is 1.16 bits per heavy atom. The van der Waals surface area contributed by atoms with E-state index in [1.165, 1.54) is 103 Å². The van der Waals surface area contributed by atoms with Crippen molar-refractivity contribution in [3.8, 4) is 0 Å². The lowest BCUT2D eigenvalue weighted by Crippen LogP contribution is -2.46. The van der Waals surface area contributed by atoms with E-state index in [4.69, 9.17) is 13.3 Å². The van der Waals surface area contributed by atoms with Crippen LogP contribution in [0.25, 0.3) is 0 Å². The Balaban J connectivity index is 3.37. The van der Waals surface area contributed by atoms with Gasteiger partial charge in [0, 0.05) is 25.9 Å². The third-order valence-electron chi connectivity index (χ3n) is 6.14. The quantitative estimate of drug-likeness (QED) is 0.0962. The van der Waals surface area contributed by atoms with Gasteiger partial charge in [-0.2, -0.15) is 0 Å². The molecule has 0 saturated carbocycles. The molecule has 0 aromatic heterocycles. The second kappa shape index (κ2) is 25.7. The molecule has 0 bridgehead atoms. The van der Waals surface area contributed by atoms with Gasteiger partial charge in [-0.25, -0.2) is 0 Å². The molecule has 0 atom stereocenters. The number of hydrogen-bond donors (Lipinski definition) is 1. The minimum atomic E-state index is -2.45. The second-order valence-electron chi connectivity index (χ2n) is 9.14. The molecule has 0 fully saturated rings. The SMILES string of the molecule is CCCCCCCCCCCCCCCCCCNCCC[Si](OCC)(OCC)OCC. The zero-order valence-electron chi connectivity index (χ0n) is 22.5. The average molecular weight is 474 g/mol. The van der Waals surface area contributed by atoms with Gasteiger partial charge in [-0.05, 0) is 46.7 Å². The summed E-state index contributed by atoms with van der Waals surface area (Å²) in [7, 11) is -2.45. The molecule has 32 heavy (non-hydrogen) atoms. The Hall–Kier alpha value is 0.0569. The van der Waals surface area contributed by atoms with E-state index in [1.807, 2.05) is 20.8 Å². The highest BCUT2D eigenvalue weighted by Crippen LogP contribution is 2.18. The van der Waals surface area contributed by atoms with Crippen LogP contribution in [0.5, 0.6) is 0 Å². The standard InChI is InChI=1S/C27H59NO3Si/c1-5-9-10-11-12-13-14-15-16-17-18-19-20-21-22-23-25-28-26-24-27-32(29-6-2,30-7-3)31-8-4/h28H,5-27H2,1-4H3. The summed E-state index contributed by atoms with van der Waals surface area (Å²) in [6.07, 6.45) is 23.9. The van der Waals surface area contributed by atoms with Crippen molar-refractivity contribution < 1.29 is 13.3 Å². The second-order valence-corrected chi connectivity index (χ2v) is 11.9. The molecule has 4 nitrogen and oxygen atoms in total. The summed E-state index contributed by atoms with van der Waals surface area (Å²) >= 11 is 0. The van der Waals surface area contributed by atoms with E-state index in [1.54, 1.807) is 0 Å². The Morgan fingerprint density at radius 2 is 0.781 bits per heavy atom. The molecule has 0 radical (unpaired) electrons. The minimum Gasteiger partial charge on any atom is -0.374 e. The molecule has 0 heterocycles. The minimum absolute atomic E-state index is 0.666. The van der Waals surface area contributed by atoms with Crippen LogP contribution in [0, 0.1) is 0 Å². The molecule has 0 aliphatic rings. The van der Waals surface area contributed by atoms with Crippen molar-refractivity contribution in [2.24, 2.45) is 0 Å². The van der Waals surface area contributed by atoms with E-state index in [-0.39, 0.29) is 0 Å². The first-order valence-electron chi connectivity index (χ1n) is 14.4. The maximum absolute atomic E-state index is 5.92. The summed E-state index contributed by atoms with van der Waals surface area (Å²) < 4.78 is 17.8. The lowest BCUT2D eigenvalue weighted by Gasteiger charge is -2.28. The van der Waals surface area contributed by atoms with Crippen LogP contribution in [0.1, 0.15) is 137 Å². The van der Waals surface area contributed by atoms with E-state index < -0.39 is 8.80 Å². The molecule has 0 spiro atoms. The van der Waals surface area contributed by atoms with Crippen LogP contribution in [-0.4, -0.2) is 41.7 Å². The summed E-state index contributed by atoms with van der Waals surface area (Å²) in [5.41, 5.74) is 0. The van der Waals surface area contributed by atoms with Gasteiger partial charge in [0.25, 0.3) is 0 Å². The molecule has 1 N–H and O–H groups in total. The number of hydrogen-bond acceptors (Lipinski definition) is 4. The first-order chi connectivity index (χ1) is 15.7. The highest BCUT2D eigenvalue weighted by molar-refractivity contribution is 6.60. The molecule has 0 aliphatic heterocycles. The fraction of sp³-hybridized carbons (Fsp3) is 1.00. The molecule has 0 aromatic rings. The first kappa shape index (κ1) is 32.1. The maximum Gasteiger partial charge on any atom is 0.500 e. The zero-order valence-corrected chi connectivity index (χ0v) is 23.5. The smallest absolute Gasteiger partial charge is 0.374 e. The molecular formula is C27H59NO3Si. The maximum atomic E-state index is 5.92. The molecule has 194 valence electrons. The Kier molecular flexibility index (Phi) is 25.7. The third kappa shape index (κ3) is 20.6.